The number of rotatable bonds is 5. The summed E-state index contributed by atoms with van der Waals surface area (Å²) in [6.45, 7) is 2.03. The molecule has 0 aliphatic heterocycles. The first-order valence-corrected chi connectivity index (χ1v) is 11.1. The fourth-order valence-electron chi connectivity index (χ4n) is 4.00. The van der Waals surface area contributed by atoms with Crippen LogP contribution >= 0.6 is 0 Å². The van der Waals surface area contributed by atoms with Crippen molar-refractivity contribution in [3.8, 4) is 39.6 Å². The van der Waals surface area contributed by atoms with Crippen LogP contribution in [0.4, 0.5) is 5.88 Å². The molecule has 0 unspecified atom stereocenters. The maximum atomic E-state index is 10.1. The average Bonchev–Trinajstić information content (AvgIpc) is 3.28. The molecule has 0 aliphatic rings. The first-order valence-electron chi connectivity index (χ1n) is 11.1. The zero-order valence-electron chi connectivity index (χ0n) is 18.8. The van der Waals surface area contributed by atoms with Crippen LogP contribution in [0.15, 0.2) is 119 Å². The summed E-state index contributed by atoms with van der Waals surface area (Å²) in [5.74, 6) is 0.950. The standard InChI is InChI=1S/C31H22N2O/c1-22-10-8-9-15-27(22)21-33-31-28(20-32)29(25-13-6-3-7-14-25)30(34-31)26-18-16-24(17-19-26)23-11-4-2-5-12-23/h2-19,21H,1H3. The topological polar surface area (TPSA) is 49.3 Å². The minimum Gasteiger partial charge on any atom is -0.436 e. The van der Waals surface area contributed by atoms with Gasteiger partial charge < -0.3 is 4.42 Å². The van der Waals surface area contributed by atoms with E-state index in [1.807, 2.05) is 91.9 Å². The highest BCUT2D eigenvalue weighted by Gasteiger charge is 2.22. The predicted octanol–water partition coefficient (Wildman–Crippen LogP) is 8.21. The molecule has 0 saturated carbocycles. The van der Waals surface area contributed by atoms with E-state index in [0.29, 0.717) is 17.2 Å². The van der Waals surface area contributed by atoms with Crippen molar-refractivity contribution in [3.63, 3.8) is 0 Å². The van der Waals surface area contributed by atoms with E-state index < -0.39 is 0 Å². The van der Waals surface area contributed by atoms with E-state index in [4.69, 9.17) is 4.42 Å². The Morgan fingerprint density at radius 1 is 0.676 bits per heavy atom. The van der Waals surface area contributed by atoms with Crippen molar-refractivity contribution in [2.24, 2.45) is 4.99 Å². The average molecular weight is 439 g/mol. The highest BCUT2D eigenvalue weighted by atomic mass is 16.4. The molecule has 162 valence electrons. The number of furan rings is 1. The molecule has 0 radical (unpaired) electrons. The van der Waals surface area contributed by atoms with Gasteiger partial charge in [-0.05, 0) is 34.7 Å². The van der Waals surface area contributed by atoms with Gasteiger partial charge in [0.25, 0.3) is 0 Å². The molecule has 34 heavy (non-hydrogen) atoms. The minimum atomic E-state index is 0.312. The van der Waals surface area contributed by atoms with Gasteiger partial charge in [-0.1, -0.05) is 109 Å². The summed E-state index contributed by atoms with van der Waals surface area (Å²) < 4.78 is 6.26. The van der Waals surface area contributed by atoms with E-state index in [9.17, 15) is 5.26 Å². The molecular formula is C31H22N2O. The van der Waals surface area contributed by atoms with Gasteiger partial charge in [0.15, 0.2) is 0 Å². The second-order valence-corrected chi connectivity index (χ2v) is 8.02. The summed E-state index contributed by atoms with van der Waals surface area (Å²) in [4.78, 5) is 4.59. The van der Waals surface area contributed by atoms with Crippen molar-refractivity contribution in [1.82, 2.24) is 0 Å². The molecule has 0 fully saturated rings. The number of benzene rings is 4. The van der Waals surface area contributed by atoms with E-state index in [-0.39, 0.29) is 0 Å². The van der Waals surface area contributed by atoms with Crippen molar-refractivity contribution in [1.29, 1.82) is 5.26 Å². The molecule has 3 heteroatoms. The van der Waals surface area contributed by atoms with Gasteiger partial charge in [0, 0.05) is 17.3 Å². The van der Waals surface area contributed by atoms with Crippen molar-refractivity contribution in [3.05, 3.63) is 126 Å². The van der Waals surface area contributed by atoms with Gasteiger partial charge in [-0.25, -0.2) is 4.99 Å². The van der Waals surface area contributed by atoms with Crippen molar-refractivity contribution < 1.29 is 4.42 Å². The van der Waals surface area contributed by atoms with Gasteiger partial charge in [0.1, 0.15) is 17.4 Å². The number of hydrogen-bond donors (Lipinski definition) is 0. The van der Waals surface area contributed by atoms with E-state index in [1.165, 1.54) is 0 Å². The summed E-state index contributed by atoms with van der Waals surface area (Å²) in [5, 5.41) is 10.1. The van der Waals surface area contributed by atoms with Gasteiger partial charge in [0.2, 0.25) is 5.88 Å². The Morgan fingerprint density at radius 3 is 1.88 bits per heavy atom. The van der Waals surface area contributed by atoms with Crippen LogP contribution in [-0.2, 0) is 0 Å². The van der Waals surface area contributed by atoms with Crippen LogP contribution < -0.4 is 0 Å². The van der Waals surface area contributed by atoms with Crippen molar-refractivity contribution >= 4 is 12.1 Å². The van der Waals surface area contributed by atoms with Gasteiger partial charge in [0.05, 0.1) is 0 Å². The molecule has 4 aromatic carbocycles. The first-order chi connectivity index (χ1) is 16.7. The summed E-state index contributed by atoms with van der Waals surface area (Å²) >= 11 is 0. The molecular weight excluding hydrogens is 416 g/mol. The molecule has 0 aliphatic carbocycles. The van der Waals surface area contributed by atoms with Crippen LogP contribution in [0.3, 0.4) is 0 Å². The third-order valence-electron chi connectivity index (χ3n) is 5.83. The van der Waals surface area contributed by atoms with Crippen LogP contribution in [0.1, 0.15) is 16.7 Å². The molecule has 1 aromatic heterocycles. The number of aliphatic imine (C=N–C) groups is 1. The quantitative estimate of drug-likeness (QED) is 0.260. The SMILES string of the molecule is Cc1ccccc1C=Nc1oc(-c2ccc(-c3ccccc3)cc2)c(-c2ccccc2)c1C#N. The highest BCUT2D eigenvalue weighted by Crippen LogP contribution is 2.42. The number of nitriles is 1. The molecule has 3 nitrogen and oxygen atoms in total. The van der Waals surface area contributed by atoms with Gasteiger partial charge in [-0.3, -0.25) is 0 Å². The Kier molecular flexibility index (Phi) is 5.88. The van der Waals surface area contributed by atoms with Crippen LogP contribution in [-0.4, -0.2) is 6.21 Å². The van der Waals surface area contributed by atoms with Gasteiger partial charge in [-0.2, -0.15) is 5.26 Å². The van der Waals surface area contributed by atoms with E-state index in [2.05, 4.69) is 35.3 Å². The lowest BCUT2D eigenvalue weighted by atomic mass is 9.97. The Balaban J connectivity index is 1.63. The molecule has 0 bridgehead atoms. The molecule has 1 heterocycles. The molecule has 5 aromatic rings. The molecule has 0 atom stereocenters. The zero-order valence-corrected chi connectivity index (χ0v) is 18.8. The van der Waals surface area contributed by atoms with Crippen LogP contribution in [0, 0.1) is 18.3 Å². The maximum absolute atomic E-state index is 10.1. The Bertz CT molecular complexity index is 1490. The Morgan fingerprint density at radius 2 is 1.24 bits per heavy atom. The van der Waals surface area contributed by atoms with Crippen molar-refractivity contribution in [2.45, 2.75) is 6.92 Å². The third kappa shape index (κ3) is 4.18. The number of nitrogens with zero attached hydrogens (tertiary/aromatic N) is 2. The molecule has 0 N–H and O–H groups in total. The first kappa shape index (κ1) is 21.2. The predicted molar refractivity (Wildman–Crippen MR) is 138 cm³/mol. The molecule has 0 saturated heterocycles. The normalized spacial score (nSPS) is 10.9. The highest BCUT2D eigenvalue weighted by molar-refractivity contribution is 5.90. The van der Waals surface area contributed by atoms with Crippen LogP contribution in [0.5, 0.6) is 0 Å². The van der Waals surface area contributed by atoms with Gasteiger partial charge >= 0.3 is 0 Å². The lowest BCUT2D eigenvalue weighted by molar-refractivity contribution is 0.593. The van der Waals surface area contributed by atoms with E-state index in [1.54, 1.807) is 6.21 Å². The fraction of sp³-hybridized carbons (Fsp3) is 0.0323. The monoisotopic (exact) mass is 438 g/mol. The number of hydrogen-bond acceptors (Lipinski definition) is 3. The molecule has 0 amide bonds. The lowest BCUT2D eigenvalue weighted by Gasteiger charge is -2.06. The third-order valence-corrected chi connectivity index (χ3v) is 5.83. The second-order valence-electron chi connectivity index (χ2n) is 8.02. The molecule has 5 rings (SSSR count). The summed E-state index contributed by atoms with van der Waals surface area (Å²) in [6.07, 6.45) is 1.76. The second kappa shape index (κ2) is 9.44. The van der Waals surface area contributed by atoms with E-state index in [0.717, 1.165) is 38.9 Å². The molecule has 0 spiro atoms. The Labute approximate surface area is 199 Å². The summed E-state index contributed by atoms with van der Waals surface area (Å²) in [7, 11) is 0. The Hall–Kier alpha value is -4.68. The van der Waals surface area contributed by atoms with Crippen LogP contribution in [0.25, 0.3) is 33.6 Å². The fourth-order valence-corrected chi connectivity index (χ4v) is 4.00. The smallest absolute Gasteiger partial charge is 0.238 e. The lowest BCUT2D eigenvalue weighted by Crippen LogP contribution is -1.85. The minimum absolute atomic E-state index is 0.312. The van der Waals surface area contributed by atoms with E-state index >= 15 is 0 Å². The number of aryl methyl sites for hydroxylation is 1. The van der Waals surface area contributed by atoms with Crippen LogP contribution in [0.2, 0.25) is 0 Å². The van der Waals surface area contributed by atoms with Crippen molar-refractivity contribution in [2.75, 3.05) is 0 Å². The van der Waals surface area contributed by atoms with Gasteiger partial charge in [-0.15, -0.1) is 0 Å². The maximum Gasteiger partial charge on any atom is 0.238 e. The zero-order chi connectivity index (χ0) is 23.3. The summed E-state index contributed by atoms with van der Waals surface area (Å²) in [6, 6.07) is 38.6. The largest absolute Gasteiger partial charge is 0.436 e. The summed E-state index contributed by atoms with van der Waals surface area (Å²) in [5.41, 5.74) is 7.36.